The normalized spacial score (nSPS) is 10.4. The van der Waals surface area contributed by atoms with Gasteiger partial charge in [0.05, 0.1) is 15.7 Å². The van der Waals surface area contributed by atoms with Gasteiger partial charge in [0.25, 0.3) is 0 Å². The Morgan fingerprint density at radius 1 is 0.842 bits per heavy atom. The second-order valence-electron chi connectivity index (χ2n) is 4.47. The number of nitrogens with one attached hydrogen (secondary N) is 1. The molecule has 0 aromatic heterocycles. The molecular weight excluding hydrogens is 277 g/mol. The van der Waals surface area contributed by atoms with Crippen molar-refractivity contribution in [2.75, 3.05) is 11.9 Å². The third-order valence-corrected chi connectivity index (χ3v) is 3.82. The third kappa shape index (κ3) is 4.45. The summed E-state index contributed by atoms with van der Waals surface area (Å²) in [5.74, 6) is 0. The second-order valence-corrected chi connectivity index (χ2v) is 5.26. The smallest absolute Gasteiger partial charge is 0.0823 e. The summed E-state index contributed by atoms with van der Waals surface area (Å²) >= 11 is 12.1. The summed E-state index contributed by atoms with van der Waals surface area (Å²) in [5, 5.41) is 4.52. The molecule has 0 aliphatic carbocycles. The van der Waals surface area contributed by atoms with Gasteiger partial charge in [0.2, 0.25) is 0 Å². The zero-order valence-electron chi connectivity index (χ0n) is 10.7. The van der Waals surface area contributed by atoms with Gasteiger partial charge in [-0.1, -0.05) is 59.6 Å². The molecule has 2 aromatic carbocycles. The van der Waals surface area contributed by atoms with Gasteiger partial charge in [-0.05, 0) is 37.0 Å². The number of hydrogen-bond donors (Lipinski definition) is 1. The van der Waals surface area contributed by atoms with Crippen molar-refractivity contribution < 1.29 is 0 Å². The van der Waals surface area contributed by atoms with Crippen LogP contribution < -0.4 is 5.32 Å². The van der Waals surface area contributed by atoms with Crippen LogP contribution in [0.5, 0.6) is 0 Å². The molecule has 100 valence electrons. The Morgan fingerprint density at radius 3 is 2.42 bits per heavy atom. The molecule has 0 saturated heterocycles. The van der Waals surface area contributed by atoms with E-state index in [1.54, 1.807) is 6.07 Å². The maximum atomic E-state index is 6.11. The van der Waals surface area contributed by atoms with Crippen LogP contribution >= 0.6 is 23.2 Å². The molecule has 2 rings (SSSR count). The Balaban J connectivity index is 1.71. The van der Waals surface area contributed by atoms with Gasteiger partial charge in [0, 0.05) is 6.54 Å². The van der Waals surface area contributed by atoms with Crippen LogP contribution in [0.15, 0.2) is 48.5 Å². The summed E-state index contributed by atoms with van der Waals surface area (Å²) in [6.07, 6.45) is 3.39. The number of hydrogen-bond acceptors (Lipinski definition) is 1. The van der Waals surface area contributed by atoms with Crippen molar-refractivity contribution in [3.8, 4) is 0 Å². The van der Waals surface area contributed by atoms with Crippen molar-refractivity contribution in [3.63, 3.8) is 0 Å². The zero-order chi connectivity index (χ0) is 13.5. The molecule has 0 aliphatic rings. The van der Waals surface area contributed by atoms with E-state index in [2.05, 4.69) is 29.6 Å². The van der Waals surface area contributed by atoms with E-state index in [1.165, 1.54) is 5.56 Å². The van der Waals surface area contributed by atoms with Crippen LogP contribution in [-0.4, -0.2) is 6.54 Å². The molecular formula is C16H17Cl2N. The lowest BCUT2D eigenvalue weighted by molar-refractivity contribution is 0.763. The van der Waals surface area contributed by atoms with Crippen LogP contribution in [0.4, 0.5) is 5.69 Å². The predicted molar refractivity (Wildman–Crippen MR) is 84.3 cm³/mol. The van der Waals surface area contributed by atoms with Crippen LogP contribution in [0, 0.1) is 0 Å². The van der Waals surface area contributed by atoms with Gasteiger partial charge in [-0.25, -0.2) is 0 Å². The molecule has 0 amide bonds. The maximum Gasteiger partial charge on any atom is 0.0823 e. The number of unbranched alkanes of at least 4 members (excludes halogenated alkanes) is 1. The largest absolute Gasteiger partial charge is 0.384 e. The number of aryl methyl sites for hydroxylation is 1. The average molecular weight is 294 g/mol. The highest BCUT2D eigenvalue weighted by molar-refractivity contribution is 6.43. The Hall–Kier alpha value is -1.18. The molecule has 0 spiro atoms. The van der Waals surface area contributed by atoms with Crippen molar-refractivity contribution in [2.45, 2.75) is 19.3 Å². The molecule has 2 aromatic rings. The molecule has 3 heteroatoms. The van der Waals surface area contributed by atoms with Gasteiger partial charge in [-0.3, -0.25) is 0 Å². The first-order valence-corrected chi connectivity index (χ1v) is 7.25. The topological polar surface area (TPSA) is 12.0 Å². The van der Waals surface area contributed by atoms with Gasteiger partial charge in [-0.2, -0.15) is 0 Å². The highest BCUT2D eigenvalue weighted by Crippen LogP contribution is 2.29. The summed E-state index contributed by atoms with van der Waals surface area (Å²) in [6.45, 7) is 0.910. The first kappa shape index (κ1) is 14.2. The fraction of sp³-hybridized carbons (Fsp3) is 0.250. The molecule has 1 N–H and O–H groups in total. The quantitative estimate of drug-likeness (QED) is 0.701. The molecule has 0 unspecified atom stereocenters. The van der Waals surface area contributed by atoms with E-state index >= 15 is 0 Å². The number of anilines is 1. The Kier molecular flexibility index (Phi) is 5.56. The highest BCUT2D eigenvalue weighted by Gasteiger charge is 2.02. The standard InChI is InChI=1S/C16H17Cl2N/c17-14-10-6-11-15(16(14)18)19-12-5-4-9-13-7-2-1-3-8-13/h1-3,6-8,10-11,19H,4-5,9,12H2. The molecule has 0 saturated carbocycles. The van der Waals surface area contributed by atoms with Crippen molar-refractivity contribution >= 4 is 28.9 Å². The molecule has 0 aliphatic heterocycles. The summed E-state index contributed by atoms with van der Waals surface area (Å²) in [4.78, 5) is 0. The van der Waals surface area contributed by atoms with Gasteiger partial charge in [0.15, 0.2) is 0 Å². The number of halogens is 2. The summed E-state index contributed by atoms with van der Waals surface area (Å²) in [5.41, 5.74) is 2.30. The van der Waals surface area contributed by atoms with Crippen LogP contribution in [0.25, 0.3) is 0 Å². The van der Waals surface area contributed by atoms with Gasteiger partial charge >= 0.3 is 0 Å². The molecule has 19 heavy (non-hydrogen) atoms. The lowest BCUT2D eigenvalue weighted by Crippen LogP contribution is -2.02. The summed E-state index contributed by atoms with van der Waals surface area (Å²) < 4.78 is 0. The summed E-state index contributed by atoms with van der Waals surface area (Å²) in [7, 11) is 0. The highest BCUT2D eigenvalue weighted by atomic mass is 35.5. The van der Waals surface area contributed by atoms with Gasteiger partial charge in [-0.15, -0.1) is 0 Å². The SMILES string of the molecule is Clc1cccc(NCCCCc2ccccc2)c1Cl. The van der Waals surface area contributed by atoms with Gasteiger partial charge < -0.3 is 5.32 Å². The van der Waals surface area contributed by atoms with E-state index in [9.17, 15) is 0 Å². The molecule has 0 bridgehead atoms. The molecule has 0 fully saturated rings. The first-order valence-electron chi connectivity index (χ1n) is 6.49. The van der Waals surface area contributed by atoms with E-state index in [-0.39, 0.29) is 0 Å². The predicted octanol–water partition coefficient (Wildman–Crippen LogP) is 5.43. The van der Waals surface area contributed by atoms with Crippen LogP contribution in [-0.2, 0) is 6.42 Å². The lowest BCUT2D eigenvalue weighted by Gasteiger charge is -2.09. The van der Waals surface area contributed by atoms with E-state index < -0.39 is 0 Å². The number of rotatable bonds is 6. The summed E-state index contributed by atoms with van der Waals surface area (Å²) in [6, 6.07) is 16.2. The second kappa shape index (κ2) is 7.42. The lowest BCUT2D eigenvalue weighted by atomic mass is 10.1. The zero-order valence-corrected chi connectivity index (χ0v) is 12.2. The van der Waals surface area contributed by atoms with Crippen molar-refractivity contribution in [1.29, 1.82) is 0 Å². The molecule has 0 radical (unpaired) electrons. The van der Waals surface area contributed by atoms with Crippen LogP contribution in [0.3, 0.4) is 0 Å². The minimum atomic E-state index is 0.593. The number of benzene rings is 2. The molecule has 0 atom stereocenters. The minimum absolute atomic E-state index is 0.593. The van der Waals surface area contributed by atoms with E-state index in [0.29, 0.717) is 10.0 Å². The van der Waals surface area contributed by atoms with Gasteiger partial charge in [0.1, 0.15) is 0 Å². The third-order valence-electron chi connectivity index (χ3n) is 3.00. The van der Waals surface area contributed by atoms with Crippen molar-refractivity contribution in [3.05, 3.63) is 64.1 Å². The average Bonchev–Trinajstić information content (AvgIpc) is 2.44. The van der Waals surface area contributed by atoms with Crippen molar-refractivity contribution in [1.82, 2.24) is 0 Å². The Bertz CT molecular complexity index is 511. The maximum absolute atomic E-state index is 6.11. The van der Waals surface area contributed by atoms with E-state index in [4.69, 9.17) is 23.2 Å². The Morgan fingerprint density at radius 2 is 1.63 bits per heavy atom. The van der Waals surface area contributed by atoms with Crippen molar-refractivity contribution in [2.24, 2.45) is 0 Å². The first-order chi connectivity index (χ1) is 9.27. The fourth-order valence-corrected chi connectivity index (χ4v) is 2.33. The minimum Gasteiger partial charge on any atom is -0.384 e. The molecule has 0 heterocycles. The van der Waals surface area contributed by atoms with Crippen LogP contribution in [0.2, 0.25) is 10.0 Å². The Labute approximate surface area is 124 Å². The van der Waals surface area contributed by atoms with Crippen LogP contribution in [0.1, 0.15) is 18.4 Å². The monoisotopic (exact) mass is 293 g/mol. The van der Waals surface area contributed by atoms with E-state index in [1.807, 2.05) is 18.2 Å². The fourth-order valence-electron chi connectivity index (χ4n) is 1.96. The molecule has 1 nitrogen and oxygen atoms in total. The van der Waals surface area contributed by atoms with E-state index in [0.717, 1.165) is 31.5 Å².